The van der Waals surface area contributed by atoms with E-state index in [9.17, 15) is 9.18 Å². The monoisotopic (exact) mass is 257 g/mol. The van der Waals surface area contributed by atoms with E-state index in [4.69, 9.17) is 0 Å². The molecule has 0 spiro atoms. The average Bonchev–Trinajstić information content (AvgIpc) is 2.46. The molecule has 0 aliphatic rings. The van der Waals surface area contributed by atoms with Crippen molar-refractivity contribution in [2.45, 2.75) is 6.92 Å². The maximum absolute atomic E-state index is 13.2. The van der Waals surface area contributed by atoms with Gasteiger partial charge in [-0.1, -0.05) is 31.2 Å². The van der Waals surface area contributed by atoms with E-state index in [1.54, 1.807) is 18.2 Å². The van der Waals surface area contributed by atoms with Gasteiger partial charge in [-0.2, -0.15) is 0 Å². The highest BCUT2D eigenvalue weighted by Crippen LogP contribution is 2.23. The van der Waals surface area contributed by atoms with Crippen LogP contribution in [0.5, 0.6) is 0 Å². The van der Waals surface area contributed by atoms with Crippen molar-refractivity contribution in [2.75, 3.05) is 7.11 Å². The van der Waals surface area contributed by atoms with Crippen molar-refractivity contribution < 1.29 is 13.9 Å². The van der Waals surface area contributed by atoms with Gasteiger partial charge in [0.2, 0.25) is 0 Å². The molecule has 0 atom stereocenters. The topological polar surface area (TPSA) is 26.3 Å². The molecule has 0 bridgehead atoms. The van der Waals surface area contributed by atoms with Gasteiger partial charge in [-0.05, 0) is 35.4 Å². The molecule has 0 N–H and O–H groups in total. The number of methoxy groups -OCH3 is 1. The van der Waals surface area contributed by atoms with Gasteiger partial charge in [-0.25, -0.2) is 9.18 Å². The van der Waals surface area contributed by atoms with Crippen LogP contribution >= 0.6 is 0 Å². The Hall–Kier alpha value is -2.16. The van der Waals surface area contributed by atoms with Crippen molar-refractivity contribution in [3.05, 3.63) is 77.0 Å². The van der Waals surface area contributed by atoms with E-state index in [1.165, 1.54) is 19.2 Å². The van der Waals surface area contributed by atoms with Crippen molar-refractivity contribution in [2.24, 2.45) is 0 Å². The van der Waals surface area contributed by atoms with Gasteiger partial charge < -0.3 is 4.74 Å². The third kappa shape index (κ3) is 2.99. The zero-order valence-corrected chi connectivity index (χ0v) is 10.8. The fraction of sp³-hybridized carbons (Fsp3) is 0.125. The number of ether oxygens (including phenoxy) is 1. The maximum atomic E-state index is 13.2. The number of hydrogen-bond acceptors (Lipinski definition) is 2. The van der Waals surface area contributed by atoms with Gasteiger partial charge in [0, 0.05) is 5.92 Å². The third-order valence-electron chi connectivity index (χ3n) is 3.00. The normalized spacial score (nSPS) is 10.5. The minimum atomic E-state index is -0.366. The van der Waals surface area contributed by atoms with Crippen LogP contribution in [0.2, 0.25) is 0 Å². The number of benzene rings is 2. The molecule has 2 aromatic carbocycles. The molecule has 97 valence electrons. The molecule has 0 aliphatic carbocycles. The largest absolute Gasteiger partial charge is 0.465 e. The van der Waals surface area contributed by atoms with Crippen molar-refractivity contribution in [3.63, 3.8) is 0 Å². The molecule has 1 radical (unpaired) electrons. The van der Waals surface area contributed by atoms with Gasteiger partial charge in [0.25, 0.3) is 0 Å². The fourth-order valence-electron chi connectivity index (χ4n) is 1.86. The second-order valence-electron chi connectivity index (χ2n) is 4.20. The highest BCUT2D eigenvalue weighted by Gasteiger charge is 2.11. The minimum Gasteiger partial charge on any atom is -0.465 e. The quantitative estimate of drug-likeness (QED) is 0.785. The lowest BCUT2D eigenvalue weighted by atomic mass is 9.92. The number of esters is 1. The van der Waals surface area contributed by atoms with Crippen molar-refractivity contribution in [1.82, 2.24) is 0 Å². The predicted octanol–water partition coefficient (Wildman–Crippen LogP) is 3.60. The Kier molecular flexibility index (Phi) is 3.95. The van der Waals surface area contributed by atoms with Crippen LogP contribution in [-0.2, 0) is 4.74 Å². The Morgan fingerprint density at radius 1 is 1.00 bits per heavy atom. The lowest BCUT2D eigenvalue weighted by Gasteiger charge is -2.12. The molecule has 0 saturated heterocycles. The molecule has 0 saturated carbocycles. The van der Waals surface area contributed by atoms with Crippen LogP contribution in [-0.4, -0.2) is 13.1 Å². The summed E-state index contributed by atoms with van der Waals surface area (Å²) in [6.07, 6.45) is 0. The van der Waals surface area contributed by atoms with Crippen LogP contribution in [0.4, 0.5) is 4.39 Å². The Balaban J connectivity index is 2.25. The molecule has 3 heteroatoms. The van der Waals surface area contributed by atoms with Gasteiger partial charge in [-0.15, -0.1) is 0 Å². The number of halogens is 1. The van der Waals surface area contributed by atoms with Crippen molar-refractivity contribution >= 4 is 5.97 Å². The zero-order valence-electron chi connectivity index (χ0n) is 10.8. The molecule has 0 aliphatic heterocycles. The van der Waals surface area contributed by atoms with Gasteiger partial charge in [0.1, 0.15) is 5.82 Å². The lowest BCUT2D eigenvalue weighted by Crippen LogP contribution is -2.02. The van der Waals surface area contributed by atoms with Crippen LogP contribution in [0.25, 0.3) is 0 Å². The molecule has 0 unspecified atom stereocenters. The van der Waals surface area contributed by atoms with Gasteiger partial charge in [0.05, 0.1) is 12.7 Å². The second kappa shape index (κ2) is 5.65. The average molecular weight is 257 g/mol. The molecular weight excluding hydrogens is 243 g/mol. The lowest BCUT2D eigenvalue weighted by molar-refractivity contribution is 0.0600. The molecule has 0 heterocycles. The molecule has 19 heavy (non-hydrogen) atoms. The van der Waals surface area contributed by atoms with E-state index in [-0.39, 0.29) is 11.8 Å². The summed E-state index contributed by atoms with van der Waals surface area (Å²) in [5.41, 5.74) is 2.27. The number of carbonyl (C=O) groups is 1. The van der Waals surface area contributed by atoms with Crippen LogP contribution in [0.3, 0.4) is 0 Å². The molecular formula is C16H14FO2. The number of hydrogen-bond donors (Lipinski definition) is 0. The fourth-order valence-corrected chi connectivity index (χ4v) is 1.86. The molecule has 0 aromatic heterocycles. The zero-order chi connectivity index (χ0) is 13.8. The van der Waals surface area contributed by atoms with E-state index in [0.717, 1.165) is 17.0 Å². The maximum Gasteiger partial charge on any atom is 0.337 e. The van der Waals surface area contributed by atoms with E-state index in [0.29, 0.717) is 5.56 Å². The number of carbonyl (C=O) groups excluding carboxylic acids is 1. The Labute approximate surface area is 111 Å². The van der Waals surface area contributed by atoms with E-state index < -0.39 is 0 Å². The van der Waals surface area contributed by atoms with Crippen LogP contribution in [0, 0.1) is 11.7 Å². The Morgan fingerprint density at radius 2 is 1.63 bits per heavy atom. The molecule has 0 amide bonds. The first-order valence-electron chi connectivity index (χ1n) is 5.90. The summed E-state index contributed by atoms with van der Waals surface area (Å²) in [7, 11) is 1.35. The summed E-state index contributed by atoms with van der Waals surface area (Å²) >= 11 is 0. The number of rotatable bonds is 3. The third-order valence-corrected chi connectivity index (χ3v) is 3.00. The summed E-state index contributed by atoms with van der Waals surface area (Å²) in [5, 5.41) is 0. The summed E-state index contributed by atoms with van der Waals surface area (Å²) in [6.45, 7) is 1.92. The summed E-state index contributed by atoms with van der Waals surface area (Å²) < 4.78 is 17.8. The minimum absolute atomic E-state index is 0.261. The first kappa shape index (κ1) is 13.3. The van der Waals surface area contributed by atoms with Crippen LogP contribution in [0.1, 0.15) is 28.4 Å². The van der Waals surface area contributed by atoms with Gasteiger partial charge >= 0.3 is 5.97 Å². The first-order chi connectivity index (χ1) is 9.11. The standard InChI is InChI=1S/C16H14FO2/c1-11(14-4-3-5-15(17)10-14)12-6-8-13(9-7-12)16(18)19-2/h3-10H,1-2H3. The Morgan fingerprint density at radius 3 is 2.21 bits per heavy atom. The van der Waals surface area contributed by atoms with Crippen molar-refractivity contribution in [3.8, 4) is 0 Å². The summed E-state index contributed by atoms with van der Waals surface area (Å²) in [5.74, 6) is 0.328. The molecule has 2 aromatic rings. The van der Waals surface area contributed by atoms with E-state index in [1.807, 2.05) is 25.1 Å². The highest BCUT2D eigenvalue weighted by molar-refractivity contribution is 5.89. The van der Waals surface area contributed by atoms with Gasteiger partial charge in [0.15, 0.2) is 0 Å². The molecule has 2 rings (SSSR count). The highest BCUT2D eigenvalue weighted by atomic mass is 19.1. The van der Waals surface area contributed by atoms with Crippen molar-refractivity contribution in [1.29, 1.82) is 0 Å². The van der Waals surface area contributed by atoms with Crippen LogP contribution in [0.15, 0.2) is 48.5 Å². The predicted molar refractivity (Wildman–Crippen MR) is 71.3 cm³/mol. The van der Waals surface area contributed by atoms with Gasteiger partial charge in [-0.3, -0.25) is 0 Å². The first-order valence-corrected chi connectivity index (χ1v) is 5.90. The SMILES string of the molecule is COC(=O)c1ccc([C](C)c2cccc(F)c2)cc1. The van der Waals surface area contributed by atoms with E-state index >= 15 is 0 Å². The smallest absolute Gasteiger partial charge is 0.337 e. The van der Waals surface area contributed by atoms with Crippen LogP contribution < -0.4 is 0 Å². The molecule has 2 nitrogen and oxygen atoms in total. The summed E-state index contributed by atoms with van der Waals surface area (Å²) in [6, 6.07) is 13.5. The Bertz CT molecular complexity index is 576. The second-order valence-corrected chi connectivity index (χ2v) is 4.20. The molecule has 0 fully saturated rings. The van der Waals surface area contributed by atoms with E-state index in [2.05, 4.69) is 4.74 Å². The summed E-state index contributed by atoms with van der Waals surface area (Å²) in [4.78, 5) is 11.3.